The number of rotatable bonds is 2. The molecule has 2 fully saturated rings. The van der Waals surface area contributed by atoms with E-state index in [0.717, 1.165) is 18.4 Å². The smallest absolute Gasteiger partial charge is 0.191 e. The predicted octanol–water partition coefficient (Wildman–Crippen LogP) is 2.77. The Labute approximate surface area is 115 Å². The normalized spacial score (nSPS) is 27.4. The average molecular weight is 257 g/mol. The minimum atomic E-state index is 0.660. The molecule has 0 bridgehead atoms. The molecule has 1 aliphatic heterocycles. The van der Waals surface area contributed by atoms with Gasteiger partial charge in [-0.1, -0.05) is 43.2 Å². The zero-order chi connectivity index (χ0) is 13.1. The second-order valence-electron chi connectivity index (χ2n) is 5.75. The lowest BCUT2D eigenvalue weighted by atomic mass is 9.85. The minimum Gasteiger partial charge on any atom is -0.370 e. The van der Waals surface area contributed by atoms with Gasteiger partial charge in [0.25, 0.3) is 0 Å². The van der Waals surface area contributed by atoms with Gasteiger partial charge >= 0.3 is 0 Å². The first kappa shape index (κ1) is 12.5. The number of guanidine groups is 1. The summed E-state index contributed by atoms with van der Waals surface area (Å²) in [5, 5.41) is 0. The van der Waals surface area contributed by atoms with Gasteiger partial charge in [-0.3, -0.25) is 0 Å². The third-order valence-corrected chi connectivity index (χ3v) is 4.57. The van der Waals surface area contributed by atoms with Gasteiger partial charge in [-0.05, 0) is 30.7 Å². The Morgan fingerprint density at radius 3 is 2.79 bits per heavy atom. The van der Waals surface area contributed by atoms with Crippen molar-refractivity contribution in [2.75, 3.05) is 6.54 Å². The predicted molar refractivity (Wildman–Crippen MR) is 78.8 cm³/mol. The number of hydrogen-bond donors (Lipinski definition) is 1. The first-order valence-electron chi connectivity index (χ1n) is 7.45. The molecule has 0 spiro atoms. The van der Waals surface area contributed by atoms with Crippen molar-refractivity contribution >= 4 is 5.96 Å². The van der Waals surface area contributed by atoms with Crippen molar-refractivity contribution in [1.82, 2.24) is 4.90 Å². The molecule has 0 radical (unpaired) electrons. The zero-order valence-electron chi connectivity index (χ0n) is 11.5. The van der Waals surface area contributed by atoms with Crippen LogP contribution in [0.3, 0.4) is 0 Å². The van der Waals surface area contributed by atoms with Gasteiger partial charge in [-0.2, -0.15) is 0 Å². The molecule has 2 atom stereocenters. The maximum absolute atomic E-state index is 6.21. The van der Waals surface area contributed by atoms with Crippen LogP contribution in [0.15, 0.2) is 35.3 Å². The Morgan fingerprint density at radius 1 is 1.16 bits per heavy atom. The lowest BCUT2D eigenvalue weighted by molar-refractivity contribution is 0.252. The van der Waals surface area contributed by atoms with Gasteiger partial charge in [-0.15, -0.1) is 0 Å². The zero-order valence-corrected chi connectivity index (χ0v) is 11.5. The van der Waals surface area contributed by atoms with Gasteiger partial charge in [0, 0.05) is 12.6 Å². The van der Waals surface area contributed by atoms with Crippen LogP contribution in [-0.2, 0) is 6.54 Å². The molecule has 1 aromatic rings. The summed E-state index contributed by atoms with van der Waals surface area (Å²) < 4.78 is 0. The molecule has 1 aromatic carbocycles. The van der Waals surface area contributed by atoms with E-state index in [9.17, 15) is 0 Å². The molecule has 2 unspecified atom stereocenters. The van der Waals surface area contributed by atoms with Gasteiger partial charge in [-0.25, -0.2) is 4.99 Å². The van der Waals surface area contributed by atoms with E-state index < -0.39 is 0 Å². The van der Waals surface area contributed by atoms with E-state index in [4.69, 9.17) is 5.73 Å². The molecule has 3 heteroatoms. The lowest BCUT2D eigenvalue weighted by Gasteiger charge is -2.32. The van der Waals surface area contributed by atoms with Crippen LogP contribution in [0.25, 0.3) is 0 Å². The SMILES string of the molecule is NC(=NCc1ccccc1)N1CCC2CCCCC21. The Balaban J connectivity index is 1.65. The molecule has 1 saturated carbocycles. The van der Waals surface area contributed by atoms with Gasteiger partial charge in [0.05, 0.1) is 6.54 Å². The molecule has 3 rings (SSSR count). The average Bonchev–Trinajstić information content (AvgIpc) is 2.90. The van der Waals surface area contributed by atoms with E-state index in [1.807, 2.05) is 18.2 Å². The Bertz CT molecular complexity index is 441. The topological polar surface area (TPSA) is 41.6 Å². The molecule has 0 aromatic heterocycles. The summed E-state index contributed by atoms with van der Waals surface area (Å²) in [5.74, 6) is 1.61. The monoisotopic (exact) mass is 257 g/mol. The molecule has 1 heterocycles. The number of hydrogen-bond acceptors (Lipinski definition) is 1. The fourth-order valence-electron chi connectivity index (χ4n) is 3.54. The summed E-state index contributed by atoms with van der Waals surface area (Å²) in [5.41, 5.74) is 7.44. The molecule has 0 amide bonds. The summed E-state index contributed by atoms with van der Waals surface area (Å²) >= 11 is 0. The molecule has 3 nitrogen and oxygen atoms in total. The Kier molecular flexibility index (Phi) is 3.72. The number of nitrogens with two attached hydrogens (primary N) is 1. The highest BCUT2D eigenvalue weighted by molar-refractivity contribution is 5.78. The van der Waals surface area contributed by atoms with Gasteiger partial charge < -0.3 is 10.6 Å². The van der Waals surface area contributed by atoms with Crippen LogP contribution in [0.5, 0.6) is 0 Å². The van der Waals surface area contributed by atoms with Crippen LogP contribution in [0, 0.1) is 5.92 Å². The van der Waals surface area contributed by atoms with Gasteiger partial charge in [0.15, 0.2) is 5.96 Å². The molecule has 2 N–H and O–H groups in total. The second-order valence-corrected chi connectivity index (χ2v) is 5.75. The van der Waals surface area contributed by atoms with Crippen molar-refractivity contribution in [3.8, 4) is 0 Å². The maximum atomic E-state index is 6.21. The highest BCUT2D eigenvalue weighted by Gasteiger charge is 2.36. The molecule has 1 aliphatic carbocycles. The van der Waals surface area contributed by atoms with Crippen molar-refractivity contribution in [1.29, 1.82) is 0 Å². The van der Waals surface area contributed by atoms with Gasteiger partial charge in [0.1, 0.15) is 0 Å². The van der Waals surface area contributed by atoms with Crippen LogP contribution in [0.4, 0.5) is 0 Å². The van der Waals surface area contributed by atoms with E-state index in [1.165, 1.54) is 37.7 Å². The van der Waals surface area contributed by atoms with Crippen LogP contribution in [-0.4, -0.2) is 23.4 Å². The molecule has 2 aliphatic rings. The van der Waals surface area contributed by atoms with Crippen molar-refractivity contribution in [3.63, 3.8) is 0 Å². The number of fused-ring (bicyclic) bond motifs is 1. The summed E-state index contributed by atoms with van der Waals surface area (Å²) in [6.07, 6.45) is 6.73. The maximum Gasteiger partial charge on any atom is 0.191 e. The lowest BCUT2D eigenvalue weighted by Crippen LogP contribution is -2.43. The van der Waals surface area contributed by atoms with Crippen molar-refractivity contribution in [3.05, 3.63) is 35.9 Å². The third-order valence-electron chi connectivity index (χ3n) is 4.57. The minimum absolute atomic E-state index is 0.660. The van der Waals surface area contributed by atoms with E-state index >= 15 is 0 Å². The van der Waals surface area contributed by atoms with Crippen molar-refractivity contribution < 1.29 is 0 Å². The van der Waals surface area contributed by atoms with Gasteiger partial charge in [0.2, 0.25) is 0 Å². The Hall–Kier alpha value is -1.51. The van der Waals surface area contributed by atoms with Crippen LogP contribution in [0.1, 0.15) is 37.7 Å². The van der Waals surface area contributed by atoms with Crippen LogP contribution < -0.4 is 5.73 Å². The van der Waals surface area contributed by atoms with Crippen molar-refractivity contribution in [2.45, 2.75) is 44.7 Å². The number of benzene rings is 1. The summed E-state index contributed by atoms with van der Waals surface area (Å²) in [6.45, 7) is 1.79. The largest absolute Gasteiger partial charge is 0.370 e. The molecule has 102 valence electrons. The highest BCUT2D eigenvalue weighted by atomic mass is 15.3. The summed E-state index contributed by atoms with van der Waals surface area (Å²) in [7, 11) is 0. The highest BCUT2D eigenvalue weighted by Crippen LogP contribution is 2.35. The summed E-state index contributed by atoms with van der Waals surface area (Å²) in [6, 6.07) is 11.0. The fraction of sp³-hybridized carbons (Fsp3) is 0.562. The number of aliphatic imine (C=N–C) groups is 1. The van der Waals surface area contributed by atoms with E-state index in [2.05, 4.69) is 22.0 Å². The van der Waals surface area contributed by atoms with E-state index in [1.54, 1.807) is 0 Å². The summed E-state index contributed by atoms with van der Waals surface area (Å²) in [4.78, 5) is 6.94. The first-order valence-corrected chi connectivity index (χ1v) is 7.45. The first-order chi connectivity index (χ1) is 9.34. The van der Waals surface area contributed by atoms with Crippen molar-refractivity contribution in [2.24, 2.45) is 16.6 Å². The van der Waals surface area contributed by atoms with Crippen LogP contribution in [0.2, 0.25) is 0 Å². The number of nitrogens with zero attached hydrogens (tertiary/aromatic N) is 2. The molecule has 1 saturated heterocycles. The van der Waals surface area contributed by atoms with Crippen LogP contribution >= 0.6 is 0 Å². The standard InChI is InChI=1S/C16H23N3/c17-16(18-12-13-6-2-1-3-7-13)19-11-10-14-8-4-5-9-15(14)19/h1-3,6-7,14-15H,4-5,8-12H2,(H2,17,18). The molecule has 19 heavy (non-hydrogen) atoms. The van der Waals surface area contributed by atoms with E-state index in [-0.39, 0.29) is 0 Å². The fourth-order valence-corrected chi connectivity index (χ4v) is 3.54. The molecular weight excluding hydrogens is 234 g/mol. The van der Waals surface area contributed by atoms with E-state index in [0.29, 0.717) is 12.6 Å². The Morgan fingerprint density at radius 2 is 1.95 bits per heavy atom. The third kappa shape index (κ3) is 2.75. The second kappa shape index (κ2) is 5.64. The molecular formula is C16H23N3. The quantitative estimate of drug-likeness (QED) is 0.654. The number of likely N-dealkylation sites (tertiary alicyclic amines) is 1.